The number of rotatable bonds is 7. The van der Waals surface area contributed by atoms with Crippen LogP contribution >= 0.6 is 35.6 Å². The summed E-state index contributed by atoms with van der Waals surface area (Å²) in [5, 5.41) is 0.556. The van der Waals surface area contributed by atoms with Gasteiger partial charge in [0.05, 0.1) is 12.0 Å². The minimum absolute atomic E-state index is 0.135. The Labute approximate surface area is 178 Å². The lowest BCUT2D eigenvalue weighted by Gasteiger charge is -2.11. The van der Waals surface area contributed by atoms with Crippen molar-refractivity contribution >= 4 is 51.9 Å². The van der Waals surface area contributed by atoms with Crippen LogP contribution in [0.1, 0.15) is 5.56 Å². The molecule has 1 heterocycles. The van der Waals surface area contributed by atoms with Crippen LogP contribution in [0.25, 0.3) is 6.08 Å². The molecule has 1 amide bonds. The molecule has 0 radical (unpaired) electrons. The highest BCUT2D eigenvalue weighted by Crippen LogP contribution is 2.34. The highest BCUT2D eigenvalue weighted by Gasteiger charge is 2.29. The van der Waals surface area contributed by atoms with E-state index in [1.165, 1.54) is 16.7 Å². The van der Waals surface area contributed by atoms with Crippen LogP contribution in [0.15, 0.2) is 47.4 Å². The molecule has 0 unspecified atom stereocenters. The molecule has 1 saturated heterocycles. The summed E-state index contributed by atoms with van der Waals surface area (Å²) in [5.41, 5.74) is 0.714. The largest absolute Gasteiger partial charge is 0.497 e. The molecular formula is C20H18ClNO4S2. The maximum atomic E-state index is 12.2. The van der Waals surface area contributed by atoms with Gasteiger partial charge in [-0.05, 0) is 48.5 Å². The molecule has 0 aromatic heterocycles. The van der Waals surface area contributed by atoms with E-state index in [9.17, 15) is 4.79 Å². The molecule has 28 heavy (non-hydrogen) atoms. The van der Waals surface area contributed by atoms with Crippen molar-refractivity contribution in [3.05, 3.63) is 58.0 Å². The molecule has 0 atom stereocenters. The van der Waals surface area contributed by atoms with Crippen molar-refractivity contribution in [3.8, 4) is 17.2 Å². The number of methoxy groups -OCH3 is 1. The van der Waals surface area contributed by atoms with Crippen LogP contribution in [0, 0.1) is 0 Å². The lowest BCUT2D eigenvalue weighted by Crippen LogP contribution is -2.22. The van der Waals surface area contributed by atoms with Crippen LogP contribution in [0.5, 0.6) is 17.2 Å². The topological polar surface area (TPSA) is 48.0 Å². The van der Waals surface area contributed by atoms with Crippen molar-refractivity contribution in [1.29, 1.82) is 0 Å². The monoisotopic (exact) mass is 435 g/mol. The van der Waals surface area contributed by atoms with Gasteiger partial charge in [0.15, 0.2) is 0 Å². The summed E-state index contributed by atoms with van der Waals surface area (Å²) < 4.78 is 17.1. The van der Waals surface area contributed by atoms with Crippen LogP contribution in [0.3, 0.4) is 0 Å². The first-order valence-electron chi connectivity index (χ1n) is 8.38. The standard InChI is InChI=1S/C20H18ClNO4S2/c1-22-19(23)18(28-20(22)27)12-13-11-14(21)3-8-17(13)26-10-9-25-16-6-4-15(24-2)5-7-16/h3-8,11-12H,9-10H2,1-2H3/b18-12-. The van der Waals surface area contributed by atoms with Crippen molar-refractivity contribution < 1.29 is 19.0 Å². The van der Waals surface area contributed by atoms with Gasteiger partial charge in [-0.1, -0.05) is 35.6 Å². The zero-order valence-electron chi connectivity index (χ0n) is 15.3. The smallest absolute Gasteiger partial charge is 0.265 e. The molecule has 0 saturated carbocycles. The quantitative estimate of drug-likeness (QED) is 0.359. The predicted molar refractivity (Wildman–Crippen MR) is 116 cm³/mol. The molecule has 8 heteroatoms. The number of hydrogen-bond acceptors (Lipinski definition) is 6. The summed E-state index contributed by atoms with van der Waals surface area (Å²) in [6, 6.07) is 12.6. The fraction of sp³-hybridized carbons (Fsp3) is 0.200. The van der Waals surface area contributed by atoms with Crippen molar-refractivity contribution in [2.24, 2.45) is 0 Å². The van der Waals surface area contributed by atoms with Gasteiger partial charge in [0.2, 0.25) is 0 Å². The van der Waals surface area contributed by atoms with E-state index in [-0.39, 0.29) is 5.91 Å². The Morgan fingerprint density at radius 1 is 1.11 bits per heavy atom. The first-order chi connectivity index (χ1) is 13.5. The van der Waals surface area contributed by atoms with Crippen molar-refractivity contribution in [3.63, 3.8) is 0 Å². The first-order valence-corrected chi connectivity index (χ1v) is 9.99. The van der Waals surface area contributed by atoms with Gasteiger partial charge in [-0.2, -0.15) is 0 Å². The number of halogens is 1. The van der Waals surface area contributed by atoms with Crippen molar-refractivity contribution in [2.45, 2.75) is 0 Å². The predicted octanol–water partition coefficient (Wildman–Crippen LogP) is 4.64. The van der Waals surface area contributed by atoms with Crippen LogP contribution in [0.2, 0.25) is 5.02 Å². The Hall–Kier alpha value is -2.22. The van der Waals surface area contributed by atoms with E-state index >= 15 is 0 Å². The number of amides is 1. The van der Waals surface area contributed by atoms with Gasteiger partial charge in [-0.3, -0.25) is 9.69 Å². The lowest BCUT2D eigenvalue weighted by atomic mass is 10.2. The summed E-state index contributed by atoms with van der Waals surface area (Å²) in [7, 11) is 3.27. The Morgan fingerprint density at radius 3 is 2.43 bits per heavy atom. The van der Waals surface area contributed by atoms with E-state index < -0.39 is 0 Å². The number of thioether (sulfide) groups is 1. The number of likely N-dealkylation sites (N-methyl/N-ethyl adjacent to an activating group) is 1. The summed E-state index contributed by atoms with van der Waals surface area (Å²) in [6.07, 6.45) is 1.74. The number of hydrogen-bond donors (Lipinski definition) is 0. The van der Waals surface area contributed by atoms with Gasteiger partial charge >= 0.3 is 0 Å². The second-order valence-electron chi connectivity index (χ2n) is 5.80. The molecule has 1 fully saturated rings. The number of ether oxygens (including phenoxy) is 3. The first kappa shape index (κ1) is 20.5. The fourth-order valence-electron chi connectivity index (χ4n) is 2.43. The van der Waals surface area contributed by atoms with E-state index in [0.717, 1.165) is 11.5 Å². The van der Waals surface area contributed by atoms with Gasteiger partial charge in [-0.25, -0.2) is 0 Å². The average Bonchev–Trinajstić information content (AvgIpc) is 2.94. The van der Waals surface area contributed by atoms with E-state index in [1.54, 1.807) is 38.4 Å². The average molecular weight is 436 g/mol. The number of nitrogens with zero attached hydrogens (tertiary/aromatic N) is 1. The van der Waals surface area contributed by atoms with E-state index in [0.29, 0.717) is 38.8 Å². The third-order valence-corrected chi connectivity index (χ3v) is 5.63. The van der Waals surface area contributed by atoms with Crippen LogP contribution in [-0.4, -0.2) is 42.5 Å². The Kier molecular flexibility index (Phi) is 6.83. The number of carbonyl (C=O) groups excluding carboxylic acids is 1. The third kappa shape index (κ3) is 4.98. The zero-order chi connectivity index (χ0) is 20.1. The molecule has 2 aromatic carbocycles. The molecule has 5 nitrogen and oxygen atoms in total. The van der Waals surface area contributed by atoms with Crippen LogP contribution in [-0.2, 0) is 4.79 Å². The molecule has 1 aliphatic rings. The van der Waals surface area contributed by atoms with Gasteiger partial charge in [0.1, 0.15) is 34.8 Å². The van der Waals surface area contributed by atoms with Gasteiger partial charge < -0.3 is 14.2 Å². The number of benzene rings is 2. The highest BCUT2D eigenvalue weighted by atomic mass is 35.5. The van der Waals surface area contributed by atoms with Crippen LogP contribution < -0.4 is 14.2 Å². The molecule has 146 valence electrons. The molecular weight excluding hydrogens is 418 g/mol. The fourth-order valence-corrected chi connectivity index (χ4v) is 3.78. The Bertz CT molecular complexity index is 915. The summed E-state index contributed by atoms with van der Waals surface area (Å²) in [4.78, 5) is 14.2. The third-order valence-electron chi connectivity index (χ3n) is 3.91. The van der Waals surface area contributed by atoms with E-state index in [1.807, 2.05) is 24.3 Å². The maximum Gasteiger partial charge on any atom is 0.265 e. The number of thiocarbonyl (C=S) groups is 1. The van der Waals surface area contributed by atoms with Gasteiger partial charge in [-0.15, -0.1) is 0 Å². The molecule has 0 bridgehead atoms. The van der Waals surface area contributed by atoms with E-state index in [2.05, 4.69) is 0 Å². The number of carbonyl (C=O) groups is 1. The van der Waals surface area contributed by atoms with Crippen LogP contribution in [0.4, 0.5) is 0 Å². The minimum Gasteiger partial charge on any atom is -0.497 e. The lowest BCUT2D eigenvalue weighted by molar-refractivity contribution is -0.121. The second-order valence-corrected chi connectivity index (χ2v) is 7.91. The normalized spacial score (nSPS) is 15.2. The van der Waals surface area contributed by atoms with Gasteiger partial charge in [0.25, 0.3) is 5.91 Å². The zero-order valence-corrected chi connectivity index (χ0v) is 17.7. The van der Waals surface area contributed by atoms with Crippen molar-refractivity contribution in [1.82, 2.24) is 4.90 Å². The minimum atomic E-state index is -0.135. The Balaban J connectivity index is 1.64. The Morgan fingerprint density at radius 2 is 1.79 bits per heavy atom. The molecule has 0 N–H and O–H groups in total. The summed E-state index contributed by atoms with van der Waals surface area (Å²) in [6.45, 7) is 0.703. The molecule has 3 rings (SSSR count). The molecule has 0 spiro atoms. The van der Waals surface area contributed by atoms with Gasteiger partial charge in [0, 0.05) is 17.6 Å². The summed E-state index contributed by atoms with van der Waals surface area (Å²) >= 11 is 12.5. The SMILES string of the molecule is COc1ccc(OCCOc2ccc(Cl)cc2/C=C2\SC(=S)N(C)C2=O)cc1. The molecule has 0 aliphatic carbocycles. The van der Waals surface area contributed by atoms with Crippen molar-refractivity contribution in [2.75, 3.05) is 27.4 Å². The van der Waals surface area contributed by atoms with E-state index in [4.69, 9.17) is 38.0 Å². The highest BCUT2D eigenvalue weighted by molar-refractivity contribution is 8.26. The summed E-state index contributed by atoms with van der Waals surface area (Å²) in [5.74, 6) is 1.98. The molecule has 1 aliphatic heterocycles. The maximum absolute atomic E-state index is 12.2. The second kappa shape index (κ2) is 9.32. The molecule has 2 aromatic rings.